The molecule has 3 aromatic rings. The van der Waals surface area contributed by atoms with Crippen molar-refractivity contribution in [3.63, 3.8) is 0 Å². The molecule has 0 atom stereocenters. The monoisotopic (exact) mass is 360 g/mol. The highest BCUT2D eigenvalue weighted by atomic mass is 14.4. The molecule has 0 radical (unpaired) electrons. The minimum absolute atomic E-state index is 0.0919. The van der Waals surface area contributed by atoms with Gasteiger partial charge in [-0.25, -0.2) is 0 Å². The second-order valence-corrected chi connectivity index (χ2v) is 7.83. The first-order valence-electron chi connectivity index (χ1n) is 10.6. The Morgan fingerprint density at radius 3 is 2.04 bits per heavy atom. The number of aryl methyl sites for hydroxylation is 2. The minimum atomic E-state index is 0.0919. The average Bonchev–Trinajstić information content (AvgIpc) is 2.91. The smallest absolute Gasteiger partial charge is 0.0159 e. The van der Waals surface area contributed by atoms with E-state index in [4.69, 9.17) is 0 Å². The molecule has 0 nitrogen and oxygen atoms in total. The number of hydrogen-bond donors (Lipinski definition) is 0. The molecule has 0 aromatic heterocycles. The number of hydrogen-bond acceptors (Lipinski definition) is 0. The number of benzene rings is 3. The van der Waals surface area contributed by atoms with Gasteiger partial charge in [-0.15, -0.1) is 0 Å². The molecular formula is C27H36. The van der Waals surface area contributed by atoms with Crippen LogP contribution in [0.1, 0.15) is 76.6 Å². The van der Waals surface area contributed by atoms with Gasteiger partial charge in [-0.05, 0) is 52.4 Å². The first-order chi connectivity index (χ1) is 12.9. The van der Waals surface area contributed by atoms with Crippen molar-refractivity contribution in [2.45, 2.75) is 73.6 Å². The third-order valence-electron chi connectivity index (χ3n) is 5.57. The summed E-state index contributed by atoms with van der Waals surface area (Å²) in [7, 11) is 0. The van der Waals surface area contributed by atoms with E-state index in [1.807, 2.05) is 13.8 Å². The van der Waals surface area contributed by atoms with Crippen molar-refractivity contribution in [3.05, 3.63) is 70.8 Å². The van der Waals surface area contributed by atoms with Crippen molar-refractivity contribution in [2.75, 3.05) is 0 Å². The van der Waals surface area contributed by atoms with Gasteiger partial charge in [-0.3, -0.25) is 0 Å². The maximum atomic E-state index is 2.36. The first-order valence-corrected chi connectivity index (χ1v) is 10.6. The van der Waals surface area contributed by atoms with Crippen molar-refractivity contribution in [1.29, 1.82) is 0 Å². The van der Waals surface area contributed by atoms with Crippen molar-refractivity contribution in [2.24, 2.45) is 0 Å². The first kappa shape index (κ1) is 21.2. The van der Waals surface area contributed by atoms with Crippen molar-refractivity contribution in [3.8, 4) is 11.1 Å². The normalized spacial score (nSPS) is 13.0. The molecular weight excluding hydrogens is 324 g/mol. The summed E-state index contributed by atoms with van der Waals surface area (Å²) in [5, 5.41) is 2.77. The molecule has 0 saturated carbocycles. The molecule has 0 fully saturated rings. The van der Waals surface area contributed by atoms with Gasteiger partial charge in [-0.1, -0.05) is 108 Å². The summed E-state index contributed by atoms with van der Waals surface area (Å²) in [5.74, 6) is 0. The molecule has 0 N–H and O–H groups in total. The van der Waals surface area contributed by atoms with E-state index in [1.54, 1.807) is 0 Å². The predicted octanol–water partition coefficient (Wildman–Crippen LogP) is 8.60. The molecule has 0 bridgehead atoms. The molecule has 27 heavy (non-hydrogen) atoms. The van der Waals surface area contributed by atoms with Crippen LogP contribution in [0.2, 0.25) is 0 Å². The van der Waals surface area contributed by atoms with Gasteiger partial charge >= 0.3 is 0 Å². The van der Waals surface area contributed by atoms with Gasteiger partial charge in [0.2, 0.25) is 0 Å². The lowest BCUT2D eigenvalue weighted by Crippen LogP contribution is -2.15. The van der Waals surface area contributed by atoms with E-state index < -0.39 is 0 Å². The largest absolute Gasteiger partial charge is 0.0683 e. The van der Waals surface area contributed by atoms with E-state index >= 15 is 0 Å². The summed E-state index contributed by atoms with van der Waals surface area (Å²) in [6, 6.07) is 18.2. The van der Waals surface area contributed by atoms with E-state index in [0.29, 0.717) is 0 Å². The van der Waals surface area contributed by atoms with Crippen LogP contribution >= 0.6 is 0 Å². The second kappa shape index (κ2) is 8.74. The lowest BCUT2D eigenvalue weighted by atomic mass is 9.81. The van der Waals surface area contributed by atoms with Crippen LogP contribution in [0, 0.1) is 13.8 Å². The molecule has 0 aliphatic heterocycles. The molecule has 0 unspecified atom stereocenters. The molecule has 144 valence electrons. The van der Waals surface area contributed by atoms with Gasteiger partial charge < -0.3 is 0 Å². The Morgan fingerprint density at radius 1 is 0.741 bits per heavy atom. The molecule has 0 spiro atoms. The molecule has 4 rings (SSSR count). The van der Waals surface area contributed by atoms with Crippen molar-refractivity contribution < 1.29 is 0 Å². The van der Waals surface area contributed by atoms with E-state index in [9.17, 15) is 0 Å². The van der Waals surface area contributed by atoms with E-state index in [2.05, 4.69) is 90.1 Å². The Balaban J connectivity index is 0.000000389. The zero-order valence-corrected chi connectivity index (χ0v) is 18.5. The Morgan fingerprint density at radius 2 is 1.41 bits per heavy atom. The molecule has 3 aromatic carbocycles. The second-order valence-electron chi connectivity index (χ2n) is 7.83. The Hall–Kier alpha value is -2.08. The third-order valence-corrected chi connectivity index (χ3v) is 5.57. The molecule has 1 aliphatic carbocycles. The number of rotatable bonds is 1. The SMILES string of the molecule is CC.CCCC.Cc1ccc2c(c1)C(C)(C)c1ccc3c(C)cccc3c1-2. The average molecular weight is 361 g/mol. The minimum Gasteiger partial charge on any atom is -0.0683 e. The highest BCUT2D eigenvalue weighted by Crippen LogP contribution is 2.51. The van der Waals surface area contributed by atoms with Crippen LogP contribution in [0.15, 0.2) is 48.5 Å². The predicted molar refractivity (Wildman–Crippen MR) is 123 cm³/mol. The zero-order valence-electron chi connectivity index (χ0n) is 18.5. The summed E-state index contributed by atoms with van der Waals surface area (Å²) < 4.78 is 0. The highest BCUT2D eigenvalue weighted by molar-refractivity contribution is 6.03. The van der Waals surface area contributed by atoms with Gasteiger partial charge in [-0.2, -0.15) is 0 Å². The maximum Gasteiger partial charge on any atom is 0.0159 e. The lowest BCUT2D eigenvalue weighted by Gasteiger charge is -2.22. The summed E-state index contributed by atoms with van der Waals surface area (Å²) >= 11 is 0. The Kier molecular flexibility index (Phi) is 6.87. The summed E-state index contributed by atoms with van der Waals surface area (Å²) in [5.41, 5.74) is 8.57. The quantitative estimate of drug-likeness (QED) is 0.407. The lowest BCUT2D eigenvalue weighted by molar-refractivity contribution is 0.660. The van der Waals surface area contributed by atoms with Crippen LogP contribution < -0.4 is 0 Å². The Labute approximate surface area is 166 Å². The van der Waals surface area contributed by atoms with Gasteiger partial charge in [0.15, 0.2) is 0 Å². The maximum absolute atomic E-state index is 2.36. The van der Waals surface area contributed by atoms with Gasteiger partial charge in [0.1, 0.15) is 0 Å². The molecule has 0 heteroatoms. The molecule has 0 heterocycles. The summed E-state index contributed by atoms with van der Waals surface area (Å²) in [6.45, 7) is 17.4. The molecule has 1 aliphatic rings. The van der Waals surface area contributed by atoms with Gasteiger partial charge in [0.05, 0.1) is 0 Å². The van der Waals surface area contributed by atoms with Crippen molar-refractivity contribution in [1.82, 2.24) is 0 Å². The van der Waals surface area contributed by atoms with Crippen LogP contribution in [0.5, 0.6) is 0 Å². The van der Waals surface area contributed by atoms with Crippen LogP contribution in [0.4, 0.5) is 0 Å². The van der Waals surface area contributed by atoms with Crippen LogP contribution in [-0.4, -0.2) is 0 Å². The highest BCUT2D eigenvalue weighted by Gasteiger charge is 2.36. The zero-order chi connectivity index (χ0) is 20.2. The van der Waals surface area contributed by atoms with Gasteiger partial charge in [0.25, 0.3) is 0 Å². The Bertz CT molecular complexity index is 911. The standard InChI is InChI=1S/C21H20.C4H10.C2H6/c1-13-8-9-17-19(12-13)21(3,4)18-11-10-15-14(2)6-5-7-16(15)20(17)18;1-3-4-2;1-2/h5-12H,1-4H3;3-4H2,1-2H3;1-2H3. The van der Waals surface area contributed by atoms with Gasteiger partial charge in [0, 0.05) is 5.41 Å². The van der Waals surface area contributed by atoms with E-state index in [-0.39, 0.29) is 5.41 Å². The molecule has 0 amide bonds. The summed E-state index contributed by atoms with van der Waals surface area (Å²) in [6.07, 6.45) is 2.64. The topological polar surface area (TPSA) is 0 Å². The van der Waals surface area contributed by atoms with E-state index in [0.717, 1.165) is 0 Å². The van der Waals surface area contributed by atoms with Crippen LogP contribution in [-0.2, 0) is 5.41 Å². The summed E-state index contributed by atoms with van der Waals surface area (Å²) in [4.78, 5) is 0. The third kappa shape index (κ3) is 3.81. The fourth-order valence-electron chi connectivity index (χ4n) is 3.86. The van der Waals surface area contributed by atoms with Crippen molar-refractivity contribution >= 4 is 10.8 Å². The number of unbranched alkanes of at least 4 members (excludes halogenated alkanes) is 1. The fourth-order valence-corrected chi connectivity index (χ4v) is 3.86. The number of fused-ring (bicyclic) bond motifs is 5. The van der Waals surface area contributed by atoms with E-state index in [1.165, 1.54) is 57.0 Å². The molecule has 0 saturated heterocycles. The van der Waals surface area contributed by atoms with Crippen LogP contribution in [0.25, 0.3) is 21.9 Å². The fraction of sp³-hybridized carbons (Fsp3) is 0.407. The van der Waals surface area contributed by atoms with Crippen LogP contribution in [0.3, 0.4) is 0 Å².